The number of nitrogens with zero attached hydrogens (tertiary/aromatic N) is 2. The van der Waals surface area contributed by atoms with E-state index in [0.29, 0.717) is 33.9 Å². The van der Waals surface area contributed by atoms with Crippen LogP contribution >= 0.6 is 11.8 Å². The minimum Gasteiger partial charge on any atom is -0.467 e. The third-order valence-corrected chi connectivity index (χ3v) is 7.62. The lowest BCUT2D eigenvalue weighted by molar-refractivity contribution is -0.119. The first-order chi connectivity index (χ1) is 17.6. The van der Waals surface area contributed by atoms with Gasteiger partial charge in [0.1, 0.15) is 5.76 Å². The largest absolute Gasteiger partial charge is 0.467 e. The molecule has 3 aromatic rings. The number of furan rings is 1. The average molecular weight is 511 g/mol. The molecule has 1 atom stereocenters. The van der Waals surface area contributed by atoms with Gasteiger partial charge in [-0.1, -0.05) is 24.6 Å². The standard InChI is InChI=1S/C26H30N4O5S/c31-23(28-18-5-1-2-6-18)16-36-26-29-22-13-17(24(32)27-14-19-7-3-11-34-19)9-10-21(22)25(33)30(26)15-20-8-4-12-35-20/h4,8-10,12-13,18-19H,1-3,5-7,11,14-16H2,(H,27,32)(H,28,31)/t19-/m1/s1. The van der Waals surface area contributed by atoms with Crippen molar-refractivity contribution in [2.45, 2.75) is 62.4 Å². The van der Waals surface area contributed by atoms with Crippen molar-refractivity contribution in [1.29, 1.82) is 0 Å². The highest BCUT2D eigenvalue weighted by Crippen LogP contribution is 2.22. The molecule has 2 aromatic heterocycles. The van der Waals surface area contributed by atoms with Crippen LogP contribution < -0.4 is 16.2 Å². The van der Waals surface area contributed by atoms with Crippen LogP contribution in [0.3, 0.4) is 0 Å². The Labute approximate surface area is 213 Å². The molecule has 0 radical (unpaired) electrons. The lowest BCUT2D eigenvalue weighted by Crippen LogP contribution is -2.34. The van der Waals surface area contributed by atoms with Gasteiger partial charge in [0.05, 0.1) is 35.6 Å². The van der Waals surface area contributed by atoms with Crippen molar-refractivity contribution < 1.29 is 18.7 Å². The Balaban J connectivity index is 1.38. The van der Waals surface area contributed by atoms with Gasteiger partial charge in [0.2, 0.25) is 5.91 Å². The van der Waals surface area contributed by atoms with E-state index < -0.39 is 0 Å². The van der Waals surface area contributed by atoms with E-state index in [9.17, 15) is 14.4 Å². The van der Waals surface area contributed by atoms with E-state index in [4.69, 9.17) is 14.1 Å². The molecule has 2 aliphatic rings. The zero-order valence-electron chi connectivity index (χ0n) is 20.0. The van der Waals surface area contributed by atoms with Crippen molar-refractivity contribution in [3.8, 4) is 0 Å². The van der Waals surface area contributed by atoms with Crippen molar-refractivity contribution in [1.82, 2.24) is 20.2 Å². The number of fused-ring (bicyclic) bond motifs is 1. The number of carbonyl (C=O) groups excluding carboxylic acids is 2. The molecule has 0 bridgehead atoms. The van der Waals surface area contributed by atoms with Crippen LogP contribution in [-0.4, -0.2) is 52.4 Å². The molecule has 10 heteroatoms. The van der Waals surface area contributed by atoms with Crippen LogP contribution in [-0.2, 0) is 16.1 Å². The van der Waals surface area contributed by atoms with E-state index in [-0.39, 0.29) is 41.8 Å². The third kappa shape index (κ3) is 5.82. The van der Waals surface area contributed by atoms with E-state index in [1.165, 1.54) is 16.3 Å². The summed E-state index contributed by atoms with van der Waals surface area (Å²) in [5.74, 6) is 0.446. The molecule has 1 saturated carbocycles. The Morgan fingerprint density at radius 2 is 2.00 bits per heavy atom. The first-order valence-electron chi connectivity index (χ1n) is 12.5. The van der Waals surface area contributed by atoms with E-state index in [2.05, 4.69) is 10.6 Å². The molecule has 2 N–H and O–H groups in total. The normalized spacial score (nSPS) is 18.1. The Morgan fingerprint density at radius 1 is 1.14 bits per heavy atom. The summed E-state index contributed by atoms with van der Waals surface area (Å²) in [5.41, 5.74) is 0.590. The third-order valence-electron chi connectivity index (χ3n) is 6.64. The first kappa shape index (κ1) is 24.6. The molecule has 1 saturated heterocycles. The van der Waals surface area contributed by atoms with Gasteiger partial charge < -0.3 is 19.8 Å². The minimum atomic E-state index is -0.249. The summed E-state index contributed by atoms with van der Waals surface area (Å²) in [6.45, 7) is 1.38. The fourth-order valence-electron chi connectivity index (χ4n) is 4.73. The molecule has 1 aromatic carbocycles. The number of benzene rings is 1. The van der Waals surface area contributed by atoms with Crippen molar-refractivity contribution in [3.05, 3.63) is 58.3 Å². The van der Waals surface area contributed by atoms with Crippen molar-refractivity contribution >= 4 is 34.5 Å². The van der Waals surface area contributed by atoms with Gasteiger partial charge in [0.25, 0.3) is 11.5 Å². The SMILES string of the molecule is O=C(CSc1nc2cc(C(=O)NC[C@H]3CCCO3)ccc2c(=O)n1Cc1ccco1)NC1CCCC1. The van der Waals surface area contributed by atoms with Crippen LogP contribution in [0.5, 0.6) is 0 Å². The Bertz CT molecular complexity index is 1280. The number of hydrogen-bond donors (Lipinski definition) is 2. The highest BCUT2D eigenvalue weighted by molar-refractivity contribution is 7.99. The summed E-state index contributed by atoms with van der Waals surface area (Å²) in [7, 11) is 0. The van der Waals surface area contributed by atoms with Crippen LogP contribution in [0.4, 0.5) is 0 Å². The van der Waals surface area contributed by atoms with Crippen molar-refractivity contribution in [2.24, 2.45) is 0 Å². The van der Waals surface area contributed by atoms with Gasteiger partial charge in [0.15, 0.2) is 5.16 Å². The van der Waals surface area contributed by atoms with Crippen LogP contribution in [0, 0.1) is 0 Å². The molecule has 9 nitrogen and oxygen atoms in total. The Hall–Kier alpha value is -3.11. The lowest BCUT2D eigenvalue weighted by atomic mass is 10.1. The van der Waals surface area contributed by atoms with Crippen LogP contribution in [0.2, 0.25) is 0 Å². The van der Waals surface area contributed by atoms with Gasteiger partial charge in [-0.25, -0.2) is 4.98 Å². The highest BCUT2D eigenvalue weighted by Gasteiger charge is 2.20. The van der Waals surface area contributed by atoms with Crippen LogP contribution in [0.25, 0.3) is 10.9 Å². The second-order valence-electron chi connectivity index (χ2n) is 9.28. The van der Waals surface area contributed by atoms with Gasteiger partial charge in [-0.3, -0.25) is 19.0 Å². The monoisotopic (exact) mass is 510 g/mol. The Morgan fingerprint density at radius 3 is 2.75 bits per heavy atom. The smallest absolute Gasteiger partial charge is 0.262 e. The van der Waals surface area contributed by atoms with Gasteiger partial charge in [0, 0.05) is 24.8 Å². The second-order valence-corrected chi connectivity index (χ2v) is 10.2. The molecule has 2 fully saturated rings. The zero-order valence-corrected chi connectivity index (χ0v) is 20.9. The fraction of sp³-hybridized carbons (Fsp3) is 0.462. The molecule has 2 amide bonds. The number of amides is 2. The quantitative estimate of drug-likeness (QED) is 0.336. The Kier molecular flexibility index (Phi) is 7.72. The summed E-state index contributed by atoms with van der Waals surface area (Å²) < 4.78 is 12.5. The molecule has 3 heterocycles. The number of carbonyl (C=O) groups is 2. The number of thioether (sulfide) groups is 1. The van der Waals surface area contributed by atoms with E-state index in [1.807, 2.05) is 0 Å². The molecule has 0 unspecified atom stereocenters. The number of ether oxygens (including phenoxy) is 1. The molecule has 1 aliphatic carbocycles. The van der Waals surface area contributed by atoms with Crippen molar-refractivity contribution in [3.63, 3.8) is 0 Å². The maximum absolute atomic E-state index is 13.4. The summed E-state index contributed by atoms with van der Waals surface area (Å²) in [5, 5.41) is 6.78. The van der Waals surface area contributed by atoms with Crippen LogP contribution in [0.1, 0.15) is 54.6 Å². The van der Waals surface area contributed by atoms with E-state index in [1.54, 1.807) is 36.6 Å². The number of nitrogens with one attached hydrogen (secondary N) is 2. The van der Waals surface area contributed by atoms with Gasteiger partial charge in [-0.2, -0.15) is 0 Å². The van der Waals surface area contributed by atoms with E-state index >= 15 is 0 Å². The lowest BCUT2D eigenvalue weighted by Gasteiger charge is -2.14. The van der Waals surface area contributed by atoms with Crippen LogP contribution in [0.15, 0.2) is 51.0 Å². The predicted octanol–water partition coefficient (Wildman–Crippen LogP) is 3.10. The molecule has 1 aliphatic heterocycles. The summed E-state index contributed by atoms with van der Waals surface area (Å²) in [6.07, 6.45) is 7.82. The topological polar surface area (TPSA) is 115 Å². The zero-order chi connectivity index (χ0) is 24.9. The summed E-state index contributed by atoms with van der Waals surface area (Å²) in [4.78, 5) is 43.4. The van der Waals surface area contributed by atoms with Crippen molar-refractivity contribution in [2.75, 3.05) is 18.9 Å². The summed E-state index contributed by atoms with van der Waals surface area (Å²) in [6, 6.07) is 8.67. The second kappa shape index (κ2) is 11.3. The molecule has 5 rings (SSSR count). The maximum Gasteiger partial charge on any atom is 0.262 e. The molecule has 190 valence electrons. The number of rotatable bonds is 9. The molecule has 0 spiro atoms. The average Bonchev–Trinajstić information content (AvgIpc) is 3.67. The van der Waals surface area contributed by atoms with Gasteiger partial charge in [-0.05, 0) is 56.0 Å². The molecular weight excluding hydrogens is 480 g/mol. The molecular formula is C26H30N4O5S. The first-order valence-corrected chi connectivity index (χ1v) is 13.4. The maximum atomic E-state index is 13.4. The predicted molar refractivity (Wildman–Crippen MR) is 136 cm³/mol. The minimum absolute atomic E-state index is 0.0414. The summed E-state index contributed by atoms with van der Waals surface area (Å²) >= 11 is 1.21. The van der Waals surface area contributed by atoms with E-state index in [0.717, 1.165) is 45.1 Å². The number of aromatic nitrogens is 2. The number of hydrogen-bond acceptors (Lipinski definition) is 7. The van der Waals surface area contributed by atoms with Gasteiger partial charge >= 0.3 is 0 Å². The highest BCUT2D eigenvalue weighted by atomic mass is 32.2. The fourth-order valence-corrected chi connectivity index (χ4v) is 5.54. The van der Waals surface area contributed by atoms with Gasteiger partial charge in [-0.15, -0.1) is 0 Å². The molecule has 36 heavy (non-hydrogen) atoms.